The SMILES string of the molecule is COc1cc(CNc2ccccn2)ccc1OCc1ccc(C)cc1. The van der Waals surface area contributed by atoms with E-state index in [-0.39, 0.29) is 0 Å². The van der Waals surface area contributed by atoms with Gasteiger partial charge in [0.1, 0.15) is 12.4 Å². The third-order valence-corrected chi connectivity index (χ3v) is 3.88. The molecule has 25 heavy (non-hydrogen) atoms. The van der Waals surface area contributed by atoms with Crippen LogP contribution in [0.1, 0.15) is 16.7 Å². The lowest BCUT2D eigenvalue weighted by atomic mass is 10.1. The predicted molar refractivity (Wildman–Crippen MR) is 100 cm³/mol. The van der Waals surface area contributed by atoms with Crippen LogP contribution >= 0.6 is 0 Å². The van der Waals surface area contributed by atoms with Crippen molar-refractivity contribution in [3.05, 3.63) is 83.6 Å². The first-order chi connectivity index (χ1) is 12.2. The van der Waals surface area contributed by atoms with Gasteiger partial charge in [-0.3, -0.25) is 0 Å². The second-order valence-electron chi connectivity index (χ2n) is 5.83. The second kappa shape index (κ2) is 8.20. The van der Waals surface area contributed by atoms with Crippen molar-refractivity contribution < 1.29 is 9.47 Å². The number of nitrogens with zero attached hydrogens (tertiary/aromatic N) is 1. The fourth-order valence-electron chi connectivity index (χ4n) is 2.45. The highest BCUT2D eigenvalue weighted by atomic mass is 16.5. The van der Waals surface area contributed by atoms with Gasteiger partial charge in [0, 0.05) is 12.7 Å². The van der Waals surface area contributed by atoms with Gasteiger partial charge in [0.05, 0.1) is 7.11 Å². The van der Waals surface area contributed by atoms with Crippen molar-refractivity contribution in [2.75, 3.05) is 12.4 Å². The van der Waals surface area contributed by atoms with E-state index >= 15 is 0 Å². The van der Waals surface area contributed by atoms with Gasteiger partial charge in [0.25, 0.3) is 0 Å². The molecule has 1 N–H and O–H groups in total. The number of aryl methyl sites for hydroxylation is 1. The fourth-order valence-corrected chi connectivity index (χ4v) is 2.45. The molecule has 2 aromatic carbocycles. The molecule has 0 amide bonds. The number of hydrogen-bond donors (Lipinski definition) is 1. The monoisotopic (exact) mass is 334 g/mol. The number of pyridine rings is 1. The van der Waals surface area contributed by atoms with E-state index in [1.807, 2.05) is 36.4 Å². The van der Waals surface area contributed by atoms with Gasteiger partial charge in [-0.05, 0) is 42.3 Å². The summed E-state index contributed by atoms with van der Waals surface area (Å²) in [5.74, 6) is 2.32. The van der Waals surface area contributed by atoms with Crippen LogP contribution in [0.3, 0.4) is 0 Å². The van der Waals surface area contributed by atoms with E-state index in [1.165, 1.54) is 5.56 Å². The lowest BCUT2D eigenvalue weighted by Crippen LogP contribution is -2.02. The minimum absolute atomic E-state index is 0.516. The molecule has 3 rings (SSSR count). The second-order valence-corrected chi connectivity index (χ2v) is 5.83. The highest BCUT2D eigenvalue weighted by Gasteiger charge is 2.06. The molecule has 4 heteroatoms. The van der Waals surface area contributed by atoms with Crippen molar-refractivity contribution in [3.8, 4) is 11.5 Å². The molecule has 4 nitrogen and oxygen atoms in total. The van der Waals surface area contributed by atoms with Gasteiger partial charge >= 0.3 is 0 Å². The van der Waals surface area contributed by atoms with Crippen LogP contribution in [0, 0.1) is 6.92 Å². The largest absolute Gasteiger partial charge is 0.493 e. The number of nitrogens with one attached hydrogen (secondary N) is 1. The van der Waals surface area contributed by atoms with Crippen LogP contribution in [-0.2, 0) is 13.2 Å². The standard InChI is InChI=1S/C21H22N2O2/c1-16-6-8-17(9-7-16)15-25-19-11-10-18(13-20(19)24-2)14-23-21-5-3-4-12-22-21/h3-13H,14-15H2,1-2H3,(H,22,23). The Morgan fingerprint density at radius 3 is 2.44 bits per heavy atom. The first-order valence-corrected chi connectivity index (χ1v) is 8.25. The highest BCUT2D eigenvalue weighted by Crippen LogP contribution is 2.29. The molecule has 0 fully saturated rings. The van der Waals surface area contributed by atoms with Gasteiger partial charge in [-0.1, -0.05) is 42.0 Å². The van der Waals surface area contributed by atoms with Gasteiger partial charge in [-0.2, -0.15) is 0 Å². The van der Waals surface area contributed by atoms with Gasteiger partial charge in [0.15, 0.2) is 11.5 Å². The summed E-state index contributed by atoms with van der Waals surface area (Å²) in [5.41, 5.74) is 3.48. The molecule has 0 bridgehead atoms. The molecule has 0 atom stereocenters. The number of aromatic nitrogens is 1. The molecule has 1 heterocycles. The van der Waals surface area contributed by atoms with Crippen LogP contribution in [-0.4, -0.2) is 12.1 Å². The Bertz CT molecular complexity index is 802. The number of methoxy groups -OCH3 is 1. The molecule has 1 aromatic heterocycles. The van der Waals surface area contributed by atoms with E-state index in [4.69, 9.17) is 9.47 Å². The maximum absolute atomic E-state index is 5.91. The summed E-state index contributed by atoms with van der Waals surface area (Å²) in [6.07, 6.45) is 1.77. The normalized spacial score (nSPS) is 10.3. The Labute approximate surface area is 148 Å². The Kier molecular flexibility index (Phi) is 5.52. The molecule has 0 radical (unpaired) electrons. The van der Waals surface area contributed by atoms with Crippen LogP contribution in [0.2, 0.25) is 0 Å². The fraction of sp³-hybridized carbons (Fsp3) is 0.190. The van der Waals surface area contributed by atoms with Crippen molar-refractivity contribution in [3.63, 3.8) is 0 Å². The smallest absolute Gasteiger partial charge is 0.161 e. The Morgan fingerprint density at radius 1 is 0.920 bits per heavy atom. The maximum atomic E-state index is 5.91. The number of benzene rings is 2. The number of rotatable bonds is 7. The lowest BCUT2D eigenvalue weighted by Gasteiger charge is -2.13. The summed E-state index contributed by atoms with van der Waals surface area (Å²) >= 11 is 0. The van der Waals surface area contributed by atoms with Gasteiger partial charge < -0.3 is 14.8 Å². The van der Waals surface area contributed by atoms with E-state index in [9.17, 15) is 0 Å². The Hall–Kier alpha value is -3.01. The Morgan fingerprint density at radius 2 is 1.72 bits per heavy atom. The molecule has 0 saturated carbocycles. The van der Waals surface area contributed by atoms with Crippen molar-refractivity contribution in [2.24, 2.45) is 0 Å². The molecular formula is C21H22N2O2. The topological polar surface area (TPSA) is 43.4 Å². The summed E-state index contributed by atoms with van der Waals surface area (Å²) in [7, 11) is 1.66. The number of ether oxygens (including phenoxy) is 2. The zero-order chi connectivity index (χ0) is 17.5. The van der Waals surface area contributed by atoms with E-state index in [0.717, 1.165) is 28.4 Å². The summed E-state index contributed by atoms with van der Waals surface area (Å²) < 4.78 is 11.4. The third kappa shape index (κ3) is 4.73. The van der Waals surface area contributed by atoms with Crippen LogP contribution in [0.15, 0.2) is 66.9 Å². The summed E-state index contributed by atoms with van der Waals surface area (Å²) in [6.45, 7) is 3.26. The van der Waals surface area contributed by atoms with E-state index < -0.39 is 0 Å². The molecule has 0 saturated heterocycles. The first-order valence-electron chi connectivity index (χ1n) is 8.25. The zero-order valence-corrected chi connectivity index (χ0v) is 14.5. The molecule has 0 spiro atoms. The molecular weight excluding hydrogens is 312 g/mol. The summed E-state index contributed by atoms with van der Waals surface area (Å²) in [6, 6.07) is 20.1. The average Bonchev–Trinajstić information content (AvgIpc) is 2.67. The van der Waals surface area contributed by atoms with Crippen molar-refractivity contribution in [1.82, 2.24) is 4.98 Å². The van der Waals surface area contributed by atoms with Crippen molar-refractivity contribution in [2.45, 2.75) is 20.1 Å². The average molecular weight is 334 g/mol. The lowest BCUT2D eigenvalue weighted by molar-refractivity contribution is 0.284. The van der Waals surface area contributed by atoms with Gasteiger partial charge in [0.2, 0.25) is 0 Å². The van der Waals surface area contributed by atoms with Crippen molar-refractivity contribution >= 4 is 5.82 Å². The molecule has 0 unspecified atom stereocenters. The summed E-state index contributed by atoms with van der Waals surface area (Å²) in [4.78, 5) is 4.26. The number of hydrogen-bond acceptors (Lipinski definition) is 4. The van der Waals surface area contributed by atoms with Crippen LogP contribution in [0.25, 0.3) is 0 Å². The van der Waals surface area contributed by atoms with Crippen LogP contribution in [0.4, 0.5) is 5.82 Å². The van der Waals surface area contributed by atoms with Gasteiger partial charge in [-0.15, -0.1) is 0 Å². The van der Waals surface area contributed by atoms with Crippen LogP contribution in [0.5, 0.6) is 11.5 Å². The third-order valence-electron chi connectivity index (χ3n) is 3.88. The predicted octanol–water partition coefficient (Wildman–Crippen LogP) is 4.59. The quantitative estimate of drug-likeness (QED) is 0.686. The van der Waals surface area contributed by atoms with E-state index in [2.05, 4.69) is 41.5 Å². The van der Waals surface area contributed by atoms with E-state index in [0.29, 0.717) is 13.2 Å². The molecule has 0 aliphatic carbocycles. The summed E-state index contributed by atoms with van der Waals surface area (Å²) in [5, 5.41) is 3.29. The van der Waals surface area contributed by atoms with Crippen LogP contribution < -0.4 is 14.8 Å². The minimum Gasteiger partial charge on any atom is -0.493 e. The molecule has 3 aromatic rings. The van der Waals surface area contributed by atoms with Crippen molar-refractivity contribution in [1.29, 1.82) is 0 Å². The minimum atomic E-state index is 0.516. The van der Waals surface area contributed by atoms with Gasteiger partial charge in [-0.25, -0.2) is 4.98 Å². The molecule has 128 valence electrons. The molecule has 0 aliphatic heterocycles. The molecule has 0 aliphatic rings. The maximum Gasteiger partial charge on any atom is 0.161 e. The Balaban J connectivity index is 1.63. The first kappa shape index (κ1) is 16.8. The zero-order valence-electron chi connectivity index (χ0n) is 14.5. The highest BCUT2D eigenvalue weighted by molar-refractivity contribution is 5.44. The number of anilines is 1. The van der Waals surface area contributed by atoms with E-state index in [1.54, 1.807) is 13.3 Å².